The molecule has 0 saturated carbocycles. The smallest absolute Gasteiger partial charge is 0.0432 e. The highest BCUT2D eigenvalue weighted by molar-refractivity contribution is 8.04. The minimum absolute atomic E-state index is 0.167. The summed E-state index contributed by atoms with van der Waals surface area (Å²) in [4.78, 5) is 1.43. The second-order valence-corrected chi connectivity index (χ2v) is 7.45. The van der Waals surface area contributed by atoms with Gasteiger partial charge in [-0.15, -0.1) is 11.8 Å². The molecule has 0 nitrogen and oxygen atoms in total. The summed E-state index contributed by atoms with van der Waals surface area (Å²) >= 11 is 2.00. The molecular formula is C19H20S. The zero-order valence-corrected chi connectivity index (χ0v) is 12.9. The molecule has 1 heterocycles. The Morgan fingerprint density at radius 1 is 0.950 bits per heavy atom. The Morgan fingerprint density at radius 2 is 1.55 bits per heavy atom. The van der Waals surface area contributed by atoms with Crippen molar-refractivity contribution in [3.05, 3.63) is 82.8 Å². The average molecular weight is 280 g/mol. The molecule has 0 aromatic heterocycles. The lowest BCUT2D eigenvalue weighted by molar-refractivity contribution is 0.572. The number of rotatable bonds is 2. The Labute approximate surface area is 125 Å². The highest BCUT2D eigenvalue weighted by Gasteiger charge is 2.34. The van der Waals surface area contributed by atoms with Crippen LogP contribution in [0, 0.1) is 0 Å². The minimum Gasteiger partial charge on any atom is -0.120 e. The summed E-state index contributed by atoms with van der Waals surface area (Å²) in [5, 5.41) is 0. The van der Waals surface area contributed by atoms with Gasteiger partial charge >= 0.3 is 0 Å². The predicted molar refractivity (Wildman–Crippen MR) is 88.9 cm³/mol. The standard InChI is InChI=1S/C19H20S/c1-15-13-17(16-9-5-3-6-10-16)14-19(2,20-15)18-11-7-4-8-12-18/h3-13,17H,14H2,1-2H3/t17-,19+/m1/s1. The van der Waals surface area contributed by atoms with Gasteiger partial charge in [-0.3, -0.25) is 0 Å². The van der Waals surface area contributed by atoms with Crippen LogP contribution in [0.2, 0.25) is 0 Å². The predicted octanol–water partition coefficient (Wildman–Crippen LogP) is 5.73. The summed E-state index contributed by atoms with van der Waals surface area (Å²) in [5.41, 5.74) is 2.85. The van der Waals surface area contributed by atoms with E-state index >= 15 is 0 Å². The van der Waals surface area contributed by atoms with Gasteiger partial charge in [0.05, 0.1) is 0 Å². The Bertz CT molecular complexity index is 600. The van der Waals surface area contributed by atoms with E-state index in [1.807, 2.05) is 11.8 Å². The molecule has 0 N–H and O–H groups in total. The topological polar surface area (TPSA) is 0 Å². The second kappa shape index (κ2) is 5.49. The van der Waals surface area contributed by atoms with Crippen LogP contribution in [0.15, 0.2) is 71.6 Å². The van der Waals surface area contributed by atoms with E-state index in [2.05, 4.69) is 80.6 Å². The molecule has 1 aliphatic heterocycles. The molecule has 20 heavy (non-hydrogen) atoms. The van der Waals surface area contributed by atoms with Crippen molar-refractivity contribution in [3.8, 4) is 0 Å². The molecule has 3 rings (SSSR count). The molecule has 0 spiro atoms. The quantitative estimate of drug-likeness (QED) is 0.677. The monoisotopic (exact) mass is 280 g/mol. The van der Waals surface area contributed by atoms with Crippen molar-refractivity contribution in [2.45, 2.75) is 30.9 Å². The third-order valence-corrected chi connectivity index (χ3v) is 5.35. The summed E-state index contributed by atoms with van der Waals surface area (Å²) in [5.74, 6) is 0.516. The van der Waals surface area contributed by atoms with Gasteiger partial charge in [-0.05, 0) is 36.3 Å². The fraction of sp³-hybridized carbons (Fsp3) is 0.263. The minimum atomic E-state index is 0.167. The first kappa shape index (κ1) is 13.5. The van der Waals surface area contributed by atoms with Crippen LogP contribution < -0.4 is 0 Å². The van der Waals surface area contributed by atoms with Crippen molar-refractivity contribution in [1.29, 1.82) is 0 Å². The van der Waals surface area contributed by atoms with Crippen LogP contribution in [0.5, 0.6) is 0 Å². The molecule has 0 radical (unpaired) electrons. The largest absolute Gasteiger partial charge is 0.120 e. The van der Waals surface area contributed by atoms with Crippen LogP contribution >= 0.6 is 11.8 Å². The summed E-state index contributed by atoms with van der Waals surface area (Å²) < 4.78 is 0.167. The van der Waals surface area contributed by atoms with Gasteiger partial charge in [-0.25, -0.2) is 0 Å². The van der Waals surface area contributed by atoms with E-state index in [1.54, 1.807) is 0 Å². The van der Waals surface area contributed by atoms with Crippen LogP contribution in [0.25, 0.3) is 0 Å². The SMILES string of the molecule is CC1=C[C@@H](c2ccccc2)C[C@@](C)(c2ccccc2)S1. The van der Waals surface area contributed by atoms with Gasteiger partial charge in [0.2, 0.25) is 0 Å². The van der Waals surface area contributed by atoms with E-state index in [1.165, 1.54) is 16.0 Å². The Morgan fingerprint density at radius 3 is 2.20 bits per heavy atom. The van der Waals surface area contributed by atoms with Crippen molar-refractivity contribution in [2.24, 2.45) is 0 Å². The van der Waals surface area contributed by atoms with Crippen molar-refractivity contribution in [1.82, 2.24) is 0 Å². The van der Waals surface area contributed by atoms with Gasteiger partial charge in [-0.1, -0.05) is 66.7 Å². The zero-order chi connectivity index (χ0) is 14.0. The van der Waals surface area contributed by atoms with E-state index in [4.69, 9.17) is 0 Å². The molecule has 0 saturated heterocycles. The van der Waals surface area contributed by atoms with Gasteiger partial charge in [0.25, 0.3) is 0 Å². The van der Waals surface area contributed by atoms with Crippen molar-refractivity contribution in [2.75, 3.05) is 0 Å². The first-order chi connectivity index (χ1) is 9.67. The first-order valence-electron chi connectivity index (χ1n) is 7.15. The van der Waals surface area contributed by atoms with Gasteiger partial charge in [0.15, 0.2) is 0 Å². The van der Waals surface area contributed by atoms with Crippen molar-refractivity contribution in [3.63, 3.8) is 0 Å². The van der Waals surface area contributed by atoms with Gasteiger partial charge < -0.3 is 0 Å². The molecule has 102 valence electrons. The van der Waals surface area contributed by atoms with Gasteiger partial charge in [-0.2, -0.15) is 0 Å². The maximum absolute atomic E-state index is 2.42. The van der Waals surface area contributed by atoms with Crippen molar-refractivity contribution < 1.29 is 0 Å². The van der Waals surface area contributed by atoms with E-state index in [0.29, 0.717) is 5.92 Å². The lowest BCUT2D eigenvalue weighted by atomic mass is 9.84. The molecule has 2 aromatic carbocycles. The summed E-state index contributed by atoms with van der Waals surface area (Å²) in [6.45, 7) is 4.61. The molecule has 0 fully saturated rings. The lowest BCUT2D eigenvalue weighted by Crippen LogP contribution is -2.23. The Kier molecular flexibility index (Phi) is 3.71. The van der Waals surface area contributed by atoms with Crippen LogP contribution in [0.4, 0.5) is 0 Å². The molecule has 0 aliphatic carbocycles. The third-order valence-electron chi connectivity index (χ3n) is 4.04. The highest BCUT2D eigenvalue weighted by Crippen LogP contribution is 2.51. The lowest BCUT2D eigenvalue weighted by Gasteiger charge is -2.37. The maximum Gasteiger partial charge on any atom is 0.0432 e. The molecule has 0 amide bonds. The fourth-order valence-corrected chi connectivity index (χ4v) is 4.53. The van der Waals surface area contributed by atoms with Crippen LogP contribution in [0.1, 0.15) is 37.3 Å². The van der Waals surface area contributed by atoms with Crippen LogP contribution in [-0.4, -0.2) is 0 Å². The highest BCUT2D eigenvalue weighted by atomic mass is 32.2. The molecule has 0 unspecified atom stereocenters. The maximum atomic E-state index is 2.42. The average Bonchev–Trinajstić information content (AvgIpc) is 2.48. The number of hydrogen-bond acceptors (Lipinski definition) is 1. The fourth-order valence-electron chi connectivity index (χ4n) is 3.07. The van der Waals surface area contributed by atoms with E-state index < -0.39 is 0 Å². The normalized spacial score (nSPS) is 26.1. The third kappa shape index (κ3) is 2.69. The van der Waals surface area contributed by atoms with Crippen molar-refractivity contribution >= 4 is 11.8 Å². The van der Waals surface area contributed by atoms with Crippen LogP contribution in [0.3, 0.4) is 0 Å². The van der Waals surface area contributed by atoms with Gasteiger partial charge in [0, 0.05) is 10.7 Å². The number of thioether (sulfide) groups is 1. The number of allylic oxidation sites excluding steroid dienone is 2. The molecule has 1 heteroatoms. The zero-order valence-electron chi connectivity index (χ0n) is 12.0. The van der Waals surface area contributed by atoms with Crippen LogP contribution in [-0.2, 0) is 4.75 Å². The Hall–Kier alpha value is -1.47. The Balaban J connectivity index is 1.96. The molecule has 1 aliphatic rings. The second-order valence-electron chi connectivity index (χ2n) is 5.70. The molecule has 2 aromatic rings. The van der Waals surface area contributed by atoms with Gasteiger partial charge in [0.1, 0.15) is 0 Å². The summed E-state index contributed by atoms with van der Waals surface area (Å²) in [6.07, 6.45) is 3.58. The first-order valence-corrected chi connectivity index (χ1v) is 7.97. The molecular weight excluding hydrogens is 260 g/mol. The number of hydrogen-bond donors (Lipinski definition) is 0. The van der Waals surface area contributed by atoms with E-state index in [-0.39, 0.29) is 4.75 Å². The molecule has 2 atom stereocenters. The molecule has 0 bridgehead atoms. The summed E-state index contributed by atoms with van der Waals surface area (Å²) in [6, 6.07) is 21.8. The van der Waals surface area contributed by atoms with E-state index in [0.717, 1.165) is 6.42 Å². The number of benzene rings is 2. The van der Waals surface area contributed by atoms with E-state index in [9.17, 15) is 0 Å². The summed E-state index contributed by atoms with van der Waals surface area (Å²) in [7, 11) is 0.